The second-order valence-corrected chi connectivity index (χ2v) is 2.87. The molecule has 2 atom stereocenters. The molecule has 0 aliphatic carbocycles. The molecule has 0 aromatic heterocycles. The molecule has 0 aliphatic heterocycles. The first-order valence-corrected chi connectivity index (χ1v) is 3.43. The van der Waals surface area contributed by atoms with Crippen LogP contribution in [0.15, 0.2) is 0 Å². The van der Waals surface area contributed by atoms with Crippen LogP contribution in [0.5, 0.6) is 0 Å². The number of carboxylic acid groups (broad SMARTS) is 1. The molecular weight excluding hydrogens is 156 g/mol. The van der Waals surface area contributed by atoms with E-state index < -0.39 is 16.9 Å². The lowest BCUT2D eigenvalue weighted by Gasteiger charge is -2.22. The van der Waals surface area contributed by atoms with Crippen LogP contribution >= 0.6 is 11.6 Å². The molecule has 0 fully saturated rings. The first-order chi connectivity index (χ1) is 4.45. The minimum atomic E-state index is -1.51. The summed E-state index contributed by atoms with van der Waals surface area (Å²) in [5.74, 6) is -1.17. The van der Waals surface area contributed by atoms with Crippen LogP contribution in [-0.4, -0.2) is 27.2 Å². The third kappa shape index (κ3) is 1.61. The Labute approximate surface area is 64.6 Å². The van der Waals surface area contributed by atoms with Crippen LogP contribution in [0.4, 0.5) is 0 Å². The molecule has 3 nitrogen and oxygen atoms in total. The Hall–Kier alpha value is -0.280. The van der Waals surface area contributed by atoms with Gasteiger partial charge in [-0.3, -0.25) is 4.79 Å². The molecule has 4 heteroatoms. The molecule has 2 N–H and O–H groups in total. The van der Waals surface area contributed by atoms with Crippen LogP contribution in [0.2, 0.25) is 0 Å². The zero-order valence-electron chi connectivity index (χ0n) is 5.97. The molecule has 1 unspecified atom stereocenters. The van der Waals surface area contributed by atoms with Gasteiger partial charge < -0.3 is 10.2 Å². The van der Waals surface area contributed by atoms with Crippen molar-refractivity contribution in [2.45, 2.75) is 31.2 Å². The summed E-state index contributed by atoms with van der Waals surface area (Å²) >= 11 is 5.54. The summed E-state index contributed by atoms with van der Waals surface area (Å²) in [6, 6.07) is 0. The molecule has 0 aliphatic rings. The van der Waals surface area contributed by atoms with Crippen LogP contribution in [0.3, 0.4) is 0 Å². The molecule has 10 heavy (non-hydrogen) atoms. The van der Waals surface area contributed by atoms with E-state index in [0.29, 0.717) is 0 Å². The minimum Gasteiger partial charge on any atom is -0.480 e. The summed E-state index contributed by atoms with van der Waals surface area (Å²) in [7, 11) is 0. The molecule has 0 saturated carbocycles. The molecule has 0 saturated heterocycles. The molecule has 0 heterocycles. The largest absolute Gasteiger partial charge is 0.480 e. The van der Waals surface area contributed by atoms with Gasteiger partial charge in [-0.25, -0.2) is 0 Å². The average Bonchev–Trinajstić information content (AvgIpc) is 1.85. The van der Waals surface area contributed by atoms with E-state index in [9.17, 15) is 4.79 Å². The summed E-state index contributed by atoms with van der Waals surface area (Å²) < 4.78 is 0. The van der Waals surface area contributed by atoms with Gasteiger partial charge in [0.25, 0.3) is 0 Å². The molecule has 0 amide bonds. The van der Waals surface area contributed by atoms with Crippen LogP contribution in [0.25, 0.3) is 0 Å². The van der Waals surface area contributed by atoms with Crippen LogP contribution < -0.4 is 0 Å². The Morgan fingerprint density at radius 2 is 2.20 bits per heavy atom. The van der Waals surface area contributed by atoms with Gasteiger partial charge in [-0.05, 0) is 13.3 Å². The van der Waals surface area contributed by atoms with Crippen molar-refractivity contribution in [1.29, 1.82) is 0 Å². The lowest BCUT2D eigenvalue weighted by Crippen LogP contribution is -2.42. The summed E-state index contributed by atoms with van der Waals surface area (Å²) in [5, 5.41) is 17.4. The number of carboxylic acids is 1. The van der Waals surface area contributed by atoms with E-state index in [1.165, 1.54) is 6.92 Å². The van der Waals surface area contributed by atoms with E-state index in [1.807, 2.05) is 0 Å². The highest BCUT2D eigenvalue weighted by Crippen LogP contribution is 2.24. The highest BCUT2D eigenvalue weighted by Gasteiger charge is 2.39. The molecule has 0 rings (SSSR count). The SMILES string of the molecule is CC[C@@](Cl)(C(=O)O)C(C)O. The number of hydrogen-bond donors (Lipinski definition) is 2. The first-order valence-electron chi connectivity index (χ1n) is 3.05. The smallest absolute Gasteiger partial charge is 0.327 e. The van der Waals surface area contributed by atoms with Crippen molar-refractivity contribution in [3.63, 3.8) is 0 Å². The highest BCUT2D eigenvalue weighted by atomic mass is 35.5. The quantitative estimate of drug-likeness (QED) is 0.611. The molecule has 0 radical (unpaired) electrons. The lowest BCUT2D eigenvalue weighted by atomic mass is 10.0. The topological polar surface area (TPSA) is 57.5 Å². The van der Waals surface area contributed by atoms with Gasteiger partial charge in [-0.1, -0.05) is 6.92 Å². The van der Waals surface area contributed by atoms with E-state index in [0.717, 1.165) is 0 Å². The third-order valence-electron chi connectivity index (χ3n) is 1.53. The maximum atomic E-state index is 10.4. The first kappa shape index (κ1) is 9.72. The van der Waals surface area contributed by atoms with Crippen LogP contribution in [0.1, 0.15) is 20.3 Å². The van der Waals surface area contributed by atoms with Gasteiger partial charge in [0.2, 0.25) is 0 Å². The Kier molecular flexibility index (Phi) is 3.12. The van der Waals surface area contributed by atoms with Gasteiger partial charge >= 0.3 is 5.97 Å². The number of alkyl halides is 1. The molecule has 0 bridgehead atoms. The molecular formula is C6H11ClO3. The van der Waals surface area contributed by atoms with Crippen molar-refractivity contribution in [3.05, 3.63) is 0 Å². The number of carbonyl (C=O) groups is 1. The monoisotopic (exact) mass is 166 g/mol. The normalized spacial score (nSPS) is 19.6. The molecule has 0 spiro atoms. The van der Waals surface area contributed by atoms with Crippen molar-refractivity contribution in [1.82, 2.24) is 0 Å². The van der Waals surface area contributed by atoms with Gasteiger partial charge in [0.15, 0.2) is 4.87 Å². The van der Waals surface area contributed by atoms with Crippen LogP contribution in [0, 0.1) is 0 Å². The third-order valence-corrected chi connectivity index (χ3v) is 2.28. The van der Waals surface area contributed by atoms with E-state index in [1.54, 1.807) is 6.92 Å². The second-order valence-electron chi connectivity index (χ2n) is 2.20. The minimum absolute atomic E-state index is 0.210. The van der Waals surface area contributed by atoms with E-state index in [4.69, 9.17) is 21.8 Å². The number of aliphatic hydroxyl groups is 1. The summed E-state index contributed by atoms with van der Waals surface area (Å²) in [5.41, 5.74) is 0. The maximum absolute atomic E-state index is 10.4. The highest BCUT2D eigenvalue weighted by molar-refractivity contribution is 6.34. The number of hydrogen-bond acceptors (Lipinski definition) is 2. The fraction of sp³-hybridized carbons (Fsp3) is 0.833. The summed E-state index contributed by atoms with van der Waals surface area (Å²) in [6.45, 7) is 2.98. The van der Waals surface area contributed by atoms with Gasteiger partial charge in [-0.15, -0.1) is 11.6 Å². The Bertz CT molecular complexity index is 135. The summed E-state index contributed by atoms with van der Waals surface area (Å²) in [6.07, 6.45) is -0.821. The molecule has 60 valence electrons. The zero-order chi connectivity index (χ0) is 8.36. The fourth-order valence-corrected chi connectivity index (χ4v) is 0.625. The number of rotatable bonds is 3. The van der Waals surface area contributed by atoms with E-state index in [2.05, 4.69) is 0 Å². The van der Waals surface area contributed by atoms with Gasteiger partial charge in [0.1, 0.15) is 0 Å². The Morgan fingerprint density at radius 3 is 2.20 bits per heavy atom. The van der Waals surface area contributed by atoms with Gasteiger partial charge in [0.05, 0.1) is 6.10 Å². The van der Waals surface area contributed by atoms with Crippen molar-refractivity contribution in [2.24, 2.45) is 0 Å². The Morgan fingerprint density at radius 1 is 1.80 bits per heavy atom. The lowest BCUT2D eigenvalue weighted by molar-refractivity contribution is -0.143. The summed E-state index contributed by atoms with van der Waals surface area (Å²) in [4.78, 5) is 8.89. The predicted molar refractivity (Wildman–Crippen MR) is 38.2 cm³/mol. The van der Waals surface area contributed by atoms with Crippen molar-refractivity contribution >= 4 is 17.6 Å². The number of aliphatic hydroxyl groups excluding tert-OH is 1. The van der Waals surface area contributed by atoms with Gasteiger partial charge in [-0.2, -0.15) is 0 Å². The van der Waals surface area contributed by atoms with E-state index in [-0.39, 0.29) is 6.42 Å². The standard InChI is InChI=1S/C6H11ClO3/c1-3-6(7,4(2)8)5(9)10/h4,8H,3H2,1-2H3,(H,9,10)/t4?,6-/m0/s1. The molecule has 0 aromatic carbocycles. The number of halogens is 1. The van der Waals surface area contributed by atoms with Crippen LogP contribution in [-0.2, 0) is 4.79 Å². The van der Waals surface area contributed by atoms with Crippen molar-refractivity contribution in [2.75, 3.05) is 0 Å². The molecule has 0 aromatic rings. The zero-order valence-corrected chi connectivity index (χ0v) is 6.72. The van der Waals surface area contributed by atoms with E-state index >= 15 is 0 Å². The Balaban J connectivity index is 4.38. The van der Waals surface area contributed by atoms with Gasteiger partial charge in [0, 0.05) is 0 Å². The second kappa shape index (κ2) is 3.21. The van der Waals surface area contributed by atoms with Crippen molar-refractivity contribution in [3.8, 4) is 0 Å². The predicted octanol–water partition coefficient (Wildman–Crippen LogP) is 0.839. The number of aliphatic carboxylic acids is 1. The maximum Gasteiger partial charge on any atom is 0.327 e. The average molecular weight is 167 g/mol. The van der Waals surface area contributed by atoms with Crippen molar-refractivity contribution < 1.29 is 15.0 Å². The fourth-order valence-electron chi connectivity index (χ4n) is 0.625.